The molecule has 7 nitrogen and oxygen atoms in total. The molecule has 1 fully saturated rings. The monoisotopic (exact) mass is 382 g/mol. The molecule has 0 bridgehead atoms. The second-order valence-corrected chi connectivity index (χ2v) is 6.77. The molecule has 0 aromatic heterocycles. The molecule has 0 unspecified atom stereocenters. The Bertz CT molecular complexity index is 927. The van der Waals surface area contributed by atoms with Gasteiger partial charge < -0.3 is 14.8 Å². The van der Waals surface area contributed by atoms with Gasteiger partial charge in [-0.25, -0.2) is 4.79 Å². The maximum atomic E-state index is 13.0. The molecule has 1 heterocycles. The summed E-state index contributed by atoms with van der Waals surface area (Å²) in [4.78, 5) is 39.0. The molecule has 3 rings (SSSR count). The minimum atomic E-state index is -1.16. The Hall–Kier alpha value is -3.35. The second kappa shape index (κ2) is 7.72. The van der Waals surface area contributed by atoms with Crippen molar-refractivity contribution in [2.45, 2.75) is 18.9 Å². The first-order valence-electron chi connectivity index (χ1n) is 8.82. The van der Waals surface area contributed by atoms with E-state index in [1.807, 2.05) is 18.2 Å². The summed E-state index contributed by atoms with van der Waals surface area (Å²) >= 11 is 0. The molecule has 1 saturated heterocycles. The third-order valence-electron chi connectivity index (χ3n) is 4.79. The predicted molar refractivity (Wildman–Crippen MR) is 103 cm³/mol. The smallest absolute Gasteiger partial charge is 0.325 e. The molecule has 0 spiro atoms. The standard InChI is InChI=1S/C21H22N2O5/c1-21(12-14-8-4-6-10-17(14)27-2)19(25)23(20(26)22-21)13-16(24)15-9-5-7-11-18(15)28-3/h4-11H,12-13H2,1-3H3,(H,22,26)/t21-/m1/s1. The fourth-order valence-electron chi connectivity index (χ4n) is 3.34. The maximum Gasteiger partial charge on any atom is 0.325 e. The van der Waals surface area contributed by atoms with Crippen LogP contribution in [-0.2, 0) is 11.2 Å². The van der Waals surface area contributed by atoms with Crippen molar-refractivity contribution < 1.29 is 23.9 Å². The average molecular weight is 382 g/mol. The van der Waals surface area contributed by atoms with E-state index in [0.29, 0.717) is 17.1 Å². The van der Waals surface area contributed by atoms with Crippen molar-refractivity contribution in [2.24, 2.45) is 0 Å². The summed E-state index contributed by atoms with van der Waals surface area (Å²) in [6.07, 6.45) is 0.251. The van der Waals surface area contributed by atoms with Crippen LogP contribution in [0.1, 0.15) is 22.8 Å². The average Bonchev–Trinajstić information content (AvgIpc) is 2.91. The van der Waals surface area contributed by atoms with Crippen LogP contribution in [0.5, 0.6) is 11.5 Å². The number of amides is 3. The number of imide groups is 1. The molecule has 2 aromatic carbocycles. The molecular weight excluding hydrogens is 360 g/mol. The summed E-state index contributed by atoms with van der Waals surface area (Å²) in [6, 6.07) is 13.4. The number of methoxy groups -OCH3 is 2. The minimum Gasteiger partial charge on any atom is -0.496 e. The van der Waals surface area contributed by atoms with Crippen LogP contribution in [0.2, 0.25) is 0 Å². The van der Waals surface area contributed by atoms with Crippen molar-refractivity contribution in [1.29, 1.82) is 0 Å². The number of nitrogens with zero attached hydrogens (tertiary/aromatic N) is 1. The predicted octanol–water partition coefficient (Wildman–Crippen LogP) is 2.44. The zero-order valence-corrected chi connectivity index (χ0v) is 16.0. The molecule has 1 N–H and O–H groups in total. The van der Waals surface area contributed by atoms with Gasteiger partial charge in [-0.05, 0) is 30.7 Å². The van der Waals surface area contributed by atoms with Crippen LogP contribution in [0, 0.1) is 0 Å². The molecule has 28 heavy (non-hydrogen) atoms. The Morgan fingerprint density at radius 2 is 1.61 bits per heavy atom. The van der Waals surface area contributed by atoms with Crippen LogP contribution in [0.25, 0.3) is 0 Å². The van der Waals surface area contributed by atoms with Crippen LogP contribution in [-0.4, -0.2) is 48.9 Å². The number of hydrogen-bond donors (Lipinski definition) is 1. The first-order chi connectivity index (χ1) is 13.4. The number of benzene rings is 2. The number of ether oxygens (including phenoxy) is 2. The lowest BCUT2D eigenvalue weighted by molar-refractivity contribution is -0.130. The van der Waals surface area contributed by atoms with E-state index in [4.69, 9.17) is 9.47 Å². The number of urea groups is 1. The third kappa shape index (κ3) is 3.55. The highest BCUT2D eigenvalue weighted by molar-refractivity contribution is 6.11. The van der Waals surface area contributed by atoms with Gasteiger partial charge >= 0.3 is 6.03 Å². The lowest BCUT2D eigenvalue weighted by Gasteiger charge is -2.22. The highest BCUT2D eigenvalue weighted by atomic mass is 16.5. The number of Topliss-reactive ketones (excluding diaryl/α,β-unsaturated/α-hetero) is 1. The normalized spacial score (nSPS) is 18.8. The van der Waals surface area contributed by atoms with Gasteiger partial charge in [-0.15, -0.1) is 0 Å². The molecule has 0 saturated carbocycles. The van der Waals surface area contributed by atoms with Crippen LogP contribution >= 0.6 is 0 Å². The largest absolute Gasteiger partial charge is 0.496 e. The molecule has 2 aromatic rings. The lowest BCUT2D eigenvalue weighted by atomic mass is 9.92. The molecule has 0 radical (unpaired) electrons. The number of hydrogen-bond acceptors (Lipinski definition) is 5. The van der Waals surface area contributed by atoms with Crippen molar-refractivity contribution in [3.63, 3.8) is 0 Å². The van der Waals surface area contributed by atoms with Gasteiger partial charge in [0.05, 0.1) is 26.3 Å². The number of carbonyl (C=O) groups excluding carboxylic acids is 3. The van der Waals surface area contributed by atoms with Crippen molar-refractivity contribution in [3.05, 3.63) is 59.7 Å². The summed E-state index contributed by atoms with van der Waals surface area (Å²) in [5, 5.41) is 2.71. The van der Waals surface area contributed by atoms with Crippen molar-refractivity contribution >= 4 is 17.7 Å². The van der Waals surface area contributed by atoms with Gasteiger partial charge in [0, 0.05) is 6.42 Å². The highest BCUT2D eigenvalue weighted by Gasteiger charge is 2.48. The van der Waals surface area contributed by atoms with E-state index in [1.54, 1.807) is 44.4 Å². The second-order valence-electron chi connectivity index (χ2n) is 6.77. The van der Waals surface area contributed by atoms with Crippen molar-refractivity contribution in [3.8, 4) is 11.5 Å². The fraction of sp³-hybridized carbons (Fsp3) is 0.286. The Kier molecular flexibility index (Phi) is 5.35. The lowest BCUT2D eigenvalue weighted by Crippen LogP contribution is -2.46. The maximum absolute atomic E-state index is 13.0. The first-order valence-corrected chi connectivity index (χ1v) is 8.82. The number of carbonyl (C=O) groups is 3. The molecule has 146 valence electrons. The van der Waals surface area contributed by atoms with Crippen molar-refractivity contribution in [2.75, 3.05) is 20.8 Å². The van der Waals surface area contributed by atoms with Crippen molar-refractivity contribution in [1.82, 2.24) is 10.2 Å². The fourth-order valence-corrected chi connectivity index (χ4v) is 3.34. The van der Waals surface area contributed by atoms with E-state index in [0.717, 1.165) is 10.5 Å². The molecule has 1 aliphatic heterocycles. The number of ketones is 1. The van der Waals surface area contributed by atoms with Gasteiger partial charge in [0.15, 0.2) is 5.78 Å². The summed E-state index contributed by atoms with van der Waals surface area (Å²) in [5.41, 5.74) is -0.0461. The molecule has 3 amide bonds. The van der Waals surface area contributed by atoms with Crippen LogP contribution < -0.4 is 14.8 Å². The van der Waals surface area contributed by atoms with Crippen LogP contribution in [0.3, 0.4) is 0 Å². The molecular formula is C21H22N2O5. The Labute approximate surface area is 163 Å². The first kappa shape index (κ1) is 19.4. The topological polar surface area (TPSA) is 84.9 Å². The molecule has 1 atom stereocenters. The number of nitrogens with one attached hydrogen (secondary N) is 1. The molecule has 1 aliphatic rings. The van der Waals surface area contributed by atoms with E-state index in [1.165, 1.54) is 7.11 Å². The van der Waals surface area contributed by atoms with E-state index in [-0.39, 0.29) is 18.7 Å². The van der Waals surface area contributed by atoms with Gasteiger partial charge in [-0.3, -0.25) is 14.5 Å². The summed E-state index contributed by atoms with van der Waals surface area (Å²) < 4.78 is 10.5. The Morgan fingerprint density at radius 3 is 2.29 bits per heavy atom. The Morgan fingerprint density at radius 1 is 1.00 bits per heavy atom. The van der Waals surface area contributed by atoms with Gasteiger partial charge in [-0.2, -0.15) is 0 Å². The summed E-state index contributed by atoms with van der Waals surface area (Å²) in [5.74, 6) is 0.208. The Balaban J connectivity index is 1.80. The zero-order valence-electron chi connectivity index (χ0n) is 16.0. The van der Waals surface area contributed by atoms with E-state index >= 15 is 0 Å². The van der Waals surface area contributed by atoms with E-state index < -0.39 is 17.5 Å². The summed E-state index contributed by atoms with van der Waals surface area (Å²) in [6.45, 7) is 1.29. The van der Waals surface area contributed by atoms with Crippen LogP contribution in [0.15, 0.2) is 48.5 Å². The minimum absolute atomic E-state index is 0.251. The third-order valence-corrected chi connectivity index (χ3v) is 4.79. The highest BCUT2D eigenvalue weighted by Crippen LogP contribution is 2.28. The van der Waals surface area contributed by atoms with E-state index in [2.05, 4.69) is 5.32 Å². The SMILES string of the molecule is COc1ccccc1C[C@@]1(C)NC(=O)N(CC(=O)c2ccccc2OC)C1=O. The van der Waals surface area contributed by atoms with Gasteiger partial charge in [0.1, 0.15) is 17.0 Å². The number of rotatable bonds is 7. The van der Waals surface area contributed by atoms with Crippen LogP contribution in [0.4, 0.5) is 4.79 Å². The zero-order chi connectivity index (χ0) is 20.3. The molecule has 0 aliphatic carbocycles. The number of para-hydroxylation sites is 2. The van der Waals surface area contributed by atoms with Gasteiger partial charge in [-0.1, -0.05) is 30.3 Å². The summed E-state index contributed by atoms with van der Waals surface area (Å²) in [7, 11) is 3.01. The quantitative estimate of drug-likeness (QED) is 0.587. The van der Waals surface area contributed by atoms with E-state index in [9.17, 15) is 14.4 Å². The van der Waals surface area contributed by atoms with Gasteiger partial charge in [0.25, 0.3) is 5.91 Å². The molecule has 7 heteroatoms. The van der Waals surface area contributed by atoms with Gasteiger partial charge in [0.2, 0.25) is 0 Å².